The van der Waals surface area contributed by atoms with E-state index < -0.39 is 10.0 Å². The lowest BCUT2D eigenvalue weighted by atomic mass is 10.1. The fraction of sp³-hybridized carbons (Fsp3) is 0.118. The molecule has 1 aromatic carbocycles. The van der Waals surface area contributed by atoms with Crippen molar-refractivity contribution < 1.29 is 8.42 Å². The zero-order valence-corrected chi connectivity index (χ0v) is 14.7. The number of aryl methyl sites for hydroxylation is 1. The SMILES string of the molecule is CCc1ccccc1Nc1ccc(NS(=O)(=O)c2cccs2)cn1. The van der Waals surface area contributed by atoms with Gasteiger partial charge >= 0.3 is 0 Å². The second-order valence-electron chi connectivity index (χ2n) is 5.11. The van der Waals surface area contributed by atoms with Crippen LogP contribution >= 0.6 is 11.3 Å². The Morgan fingerprint density at radius 1 is 1.08 bits per heavy atom. The Labute approximate surface area is 145 Å². The molecule has 24 heavy (non-hydrogen) atoms. The van der Waals surface area contributed by atoms with Gasteiger partial charge in [0.2, 0.25) is 0 Å². The summed E-state index contributed by atoms with van der Waals surface area (Å²) in [4.78, 5) is 4.28. The molecular formula is C17H17N3O2S2. The Kier molecular flexibility index (Phi) is 4.82. The lowest BCUT2D eigenvalue weighted by molar-refractivity contribution is 0.603. The van der Waals surface area contributed by atoms with Gasteiger partial charge in [0, 0.05) is 5.69 Å². The third kappa shape index (κ3) is 3.74. The Morgan fingerprint density at radius 3 is 2.58 bits per heavy atom. The normalized spacial score (nSPS) is 11.2. The van der Waals surface area contributed by atoms with Crippen LogP contribution in [0.4, 0.5) is 17.2 Å². The number of hydrogen-bond acceptors (Lipinski definition) is 5. The highest BCUT2D eigenvalue weighted by Crippen LogP contribution is 2.23. The topological polar surface area (TPSA) is 71.1 Å². The molecule has 3 aromatic rings. The first-order valence-electron chi connectivity index (χ1n) is 7.46. The number of thiophene rings is 1. The Morgan fingerprint density at radius 2 is 1.92 bits per heavy atom. The molecule has 0 fully saturated rings. The fourth-order valence-electron chi connectivity index (χ4n) is 2.24. The number of rotatable bonds is 6. The van der Waals surface area contributed by atoms with E-state index in [2.05, 4.69) is 28.0 Å². The van der Waals surface area contributed by atoms with E-state index in [0.717, 1.165) is 12.1 Å². The van der Waals surface area contributed by atoms with Crippen molar-refractivity contribution in [1.29, 1.82) is 0 Å². The van der Waals surface area contributed by atoms with Gasteiger partial charge in [-0.05, 0) is 41.6 Å². The van der Waals surface area contributed by atoms with E-state index in [-0.39, 0.29) is 4.21 Å². The molecule has 2 heterocycles. The molecule has 0 radical (unpaired) electrons. The summed E-state index contributed by atoms with van der Waals surface area (Å²) in [7, 11) is -3.54. The van der Waals surface area contributed by atoms with Gasteiger partial charge in [-0.15, -0.1) is 11.3 Å². The molecule has 5 nitrogen and oxygen atoms in total. The third-order valence-corrected chi connectivity index (χ3v) is 6.22. The quantitative estimate of drug-likeness (QED) is 0.690. The van der Waals surface area contributed by atoms with E-state index in [4.69, 9.17) is 0 Å². The van der Waals surface area contributed by atoms with Crippen molar-refractivity contribution in [3.63, 3.8) is 0 Å². The fourth-order valence-corrected chi connectivity index (χ4v) is 4.27. The molecule has 0 spiro atoms. The number of aromatic nitrogens is 1. The van der Waals surface area contributed by atoms with Gasteiger partial charge in [0.15, 0.2) is 0 Å². The average molecular weight is 359 g/mol. The van der Waals surface area contributed by atoms with Gasteiger partial charge in [-0.2, -0.15) is 0 Å². The number of anilines is 3. The van der Waals surface area contributed by atoms with Crippen molar-refractivity contribution in [3.8, 4) is 0 Å². The van der Waals surface area contributed by atoms with Gasteiger partial charge in [-0.25, -0.2) is 13.4 Å². The van der Waals surface area contributed by atoms with Gasteiger partial charge in [0.05, 0.1) is 11.9 Å². The molecular weight excluding hydrogens is 342 g/mol. The van der Waals surface area contributed by atoms with Crippen LogP contribution in [0.5, 0.6) is 0 Å². The summed E-state index contributed by atoms with van der Waals surface area (Å²) in [6, 6.07) is 14.7. The lowest BCUT2D eigenvalue weighted by Gasteiger charge is -2.11. The second-order valence-corrected chi connectivity index (χ2v) is 7.96. The monoisotopic (exact) mass is 359 g/mol. The highest BCUT2D eigenvalue weighted by atomic mass is 32.2. The van der Waals surface area contributed by atoms with Crippen LogP contribution in [0.2, 0.25) is 0 Å². The van der Waals surface area contributed by atoms with Gasteiger partial charge in [0.25, 0.3) is 10.0 Å². The van der Waals surface area contributed by atoms with Crippen LogP contribution in [0, 0.1) is 0 Å². The Hall–Kier alpha value is -2.38. The maximum atomic E-state index is 12.2. The van der Waals surface area contributed by atoms with Crippen LogP contribution in [0.25, 0.3) is 0 Å². The first-order valence-corrected chi connectivity index (χ1v) is 9.82. The minimum Gasteiger partial charge on any atom is -0.340 e. The number of sulfonamides is 1. The van der Waals surface area contributed by atoms with E-state index in [1.54, 1.807) is 29.6 Å². The highest BCUT2D eigenvalue weighted by molar-refractivity contribution is 7.94. The van der Waals surface area contributed by atoms with Crippen molar-refractivity contribution in [2.24, 2.45) is 0 Å². The molecule has 0 aliphatic carbocycles. The van der Waals surface area contributed by atoms with Crippen molar-refractivity contribution >= 4 is 38.6 Å². The summed E-state index contributed by atoms with van der Waals surface area (Å²) < 4.78 is 27.2. The number of pyridine rings is 1. The summed E-state index contributed by atoms with van der Waals surface area (Å²) in [5, 5.41) is 4.98. The van der Waals surface area contributed by atoms with E-state index in [1.807, 2.05) is 18.2 Å². The Bertz CT molecular complexity index is 905. The van der Waals surface area contributed by atoms with Crippen molar-refractivity contribution in [3.05, 3.63) is 65.7 Å². The summed E-state index contributed by atoms with van der Waals surface area (Å²) in [5.74, 6) is 0.662. The van der Waals surface area contributed by atoms with Crippen LogP contribution < -0.4 is 10.0 Å². The number of benzene rings is 1. The molecule has 0 aliphatic heterocycles. The van der Waals surface area contributed by atoms with Gasteiger partial charge in [0.1, 0.15) is 10.0 Å². The second kappa shape index (κ2) is 7.02. The first kappa shape index (κ1) is 16.5. The molecule has 0 amide bonds. The van der Waals surface area contributed by atoms with Gasteiger partial charge in [-0.1, -0.05) is 31.2 Å². The molecule has 0 saturated heterocycles. The van der Waals surface area contributed by atoms with E-state index in [0.29, 0.717) is 11.5 Å². The van der Waals surface area contributed by atoms with E-state index in [1.165, 1.54) is 23.1 Å². The number of para-hydroxylation sites is 1. The Balaban J connectivity index is 1.74. The summed E-state index contributed by atoms with van der Waals surface area (Å²) >= 11 is 1.17. The minimum atomic E-state index is -3.54. The first-order chi connectivity index (χ1) is 11.6. The average Bonchev–Trinajstić information content (AvgIpc) is 3.12. The van der Waals surface area contributed by atoms with Crippen LogP contribution in [0.3, 0.4) is 0 Å². The minimum absolute atomic E-state index is 0.279. The highest BCUT2D eigenvalue weighted by Gasteiger charge is 2.15. The standard InChI is InChI=1S/C17H17N3O2S2/c1-2-13-6-3-4-7-15(13)19-16-10-9-14(12-18-16)20-24(21,22)17-8-5-11-23-17/h3-12,20H,2H2,1H3,(H,18,19). The number of nitrogens with one attached hydrogen (secondary N) is 2. The maximum Gasteiger partial charge on any atom is 0.271 e. The molecule has 0 atom stereocenters. The van der Waals surface area contributed by atoms with Crippen molar-refractivity contribution in [2.45, 2.75) is 17.6 Å². The zero-order chi connectivity index (χ0) is 17.0. The molecule has 7 heteroatoms. The predicted molar refractivity (Wildman–Crippen MR) is 98.5 cm³/mol. The number of hydrogen-bond donors (Lipinski definition) is 2. The van der Waals surface area contributed by atoms with Gasteiger partial charge in [-0.3, -0.25) is 4.72 Å². The van der Waals surface area contributed by atoms with Crippen LogP contribution in [0.15, 0.2) is 64.3 Å². The maximum absolute atomic E-state index is 12.2. The lowest BCUT2D eigenvalue weighted by Crippen LogP contribution is -2.11. The smallest absolute Gasteiger partial charge is 0.271 e. The molecule has 0 unspecified atom stereocenters. The van der Waals surface area contributed by atoms with E-state index in [9.17, 15) is 8.42 Å². The zero-order valence-electron chi connectivity index (χ0n) is 13.1. The molecule has 3 rings (SSSR count). The molecule has 2 aromatic heterocycles. The number of nitrogens with zero attached hydrogens (tertiary/aromatic N) is 1. The molecule has 0 aliphatic rings. The van der Waals surface area contributed by atoms with Crippen molar-refractivity contribution in [1.82, 2.24) is 4.98 Å². The summed E-state index contributed by atoms with van der Waals surface area (Å²) in [5.41, 5.74) is 2.62. The van der Waals surface area contributed by atoms with Gasteiger partial charge < -0.3 is 5.32 Å². The summed E-state index contributed by atoms with van der Waals surface area (Å²) in [6.45, 7) is 2.09. The molecule has 124 valence electrons. The molecule has 0 saturated carbocycles. The molecule has 0 bridgehead atoms. The van der Waals surface area contributed by atoms with Crippen LogP contribution in [-0.2, 0) is 16.4 Å². The largest absolute Gasteiger partial charge is 0.340 e. The summed E-state index contributed by atoms with van der Waals surface area (Å²) in [6.07, 6.45) is 2.42. The van der Waals surface area contributed by atoms with E-state index >= 15 is 0 Å². The van der Waals surface area contributed by atoms with Crippen LogP contribution in [0.1, 0.15) is 12.5 Å². The predicted octanol–water partition coefficient (Wildman–Crippen LogP) is 4.25. The van der Waals surface area contributed by atoms with Crippen LogP contribution in [-0.4, -0.2) is 13.4 Å². The van der Waals surface area contributed by atoms with Crippen molar-refractivity contribution in [2.75, 3.05) is 10.0 Å². The third-order valence-electron chi connectivity index (χ3n) is 3.44. The molecule has 2 N–H and O–H groups in total.